The molecule has 0 aromatic heterocycles. The molecule has 0 aliphatic heterocycles. The maximum atomic E-state index is 12.7. The highest BCUT2D eigenvalue weighted by Crippen LogP contribution is 2.38. The number of ether oxygens (including phenoxy) is 2. The number of hydrogen-bond donors (Lipinski definition) is 1. The van der Waals surface area contributed by atoms with E-state index in [1.165, 1.54) is 0 Å². The summed E-state index contributed by atoms with van der Waals surface area (Å²) in [5.41, 5.74) is 0. The first-order chi connectivity index (χ1) is 27.8. The van der Waals surface area contributed by atoms with Gasteiger partial charge in [-0.3, -0.25) is 18.9 Å². The normalized spacial score (nSPS) is 18.5. The SMILES string of the molecule is CC/C=C\C/C=C\C/C=C\C/C=C\CCCCC(=O)O[C@H](COC(=O)CCC/C=C\C[C@H]1C=CC(=O)[C@@H]1/C=C/[C@@H](O)CCCCC)COP(=O)([O-])OCC[N+](C)(C)C. The van der Waals surface area contributed by atoms with Crippen LogP contribution in [0.5, 0.6) is 0 Å². The minimum absolute atomic E-state index is 0.0210. The first-order valence-corrected chi connectivity index (χ1v) is 22.8. The molecule has 5 atom stereocenters. The van der Waals surface area contributed by atoms with Crippen LogP contribution in [0.15, 0.2) is 85.1 Å². The third kappa shape index (κ3) is 29.9. The molecule has 328 valence electrons. The molecule has 0 heterocycles. The van der Waals surface area contributed by atoms with Gasteiger partial charge in [-0.2, -0.15) is 0 Å². The van der Waals surface area contributed by atoms with Gasteiger partial charge in [-0.05, 0) is 82.6 Å². The van der Waals surface area contributed by atoms with Crippen LogP contribution in [0.2, 0.25) is 0 Å². The molecule has 1 aliphatic rings. The number of carbonyl (C=O) groups excluding carboxylic acids is 3. The van der Waals surface area contributed by atoms with E-state index in [1.807, 2.05) is 45.4 Å². The van der Waals surface area contributed by atoms with Crippen LogP contribution >= 0.6 is 7.82 Å². The molecule has 0 fully saturated rings. The monoisotopic (exact) mass is 832 g/mol. The van der Waals surface area contributed by atoms with Crippen molar-refractivity contribution >= 4 is 25.5 Å². The zero-order valence-corrected chi connectivity index (χ0v) is 36.9. The second kappa shape index (κ2) is 32.6. The number of nitrogens with zero attached hydrogens (tertiary/aromatic N) is 1. The number of phosphoric ester groups is 1. The van der Waals surface area contributed by atoms with E-state index in [0.717, 1.165) is 57.8 Å². The van der Waals surface area contributed by atoms with E-state index in [0.29, 0.717) is 43.1 Å². The van der Waals surface area contributed by atoms with Crippen LogP contribution in [-0.2, 0) is 37.5 Å². The minimum Gasteiger partial charge on any atom is -0.756 e. The molecule has 0 aromatic carbocycles. The van der Waals surface area contributed by atoms with Crippen molar-refractivity contribution in [2.75, 3.05) is 47.5 Å². The summed E-state index contributed by atoms with van der Waals surface area (Å²) in [7, 11) is 1.01. The number of phosphoric acid groups is 1. The Morgan fingerprint density at radius 1 is 0.828 bits per heavy atom. The van der Waals surface area contributed by atoms with Crippen molar-refractivity contribution in [3.63, 3.8) is 0 Å². The van der Waals surface area contributed by atoms with Gasteiger partial charge in [-0.15, -0.1) is 0 Å². The Morgan fingerprint density at radius 3 is 2.14 bits per heavy atom. The Balaban J connectivity index is 2.52. The number of esters is 2. The standard InChI is InChI=1S/C46H74NO10P/c1-6-8-10-11-12-13-14-15-16-17-18-19-20-21-27-31-46(51)57-42(39-56-58(52,53)55-37-36-47(3,4)5)38-54-45(50)30-26-23-22-25-28-40-32-35-44(49)43(40)34-33-41(48)29-24-9-7-2/h8,10,12-13,15-16,18-19,22,25,32-35,40-43,48H,6-7,9,11,14,17,20-21,23-24,26-31,36-39H2,1-5H3/b10-8-,13-12-,16-15-,19-18-,25-22-,34-33+/t40-,41-,42+,43+/m0/s1. The summed E-state index contributed by atoms with van der Waals surface area (Å²) in [5, 5.41) is 10.2. The number of carbonyl (C=O) groups is 3. The topological polar surface area (TPSA) is 148 Å². The Kier molecular flexibility index (Phi) is 29.7. The van der Waals surface area contributed by atoms with Gasteiger partial charge in [0.25, 0.3) is 7.82 Å². The highest BCUT2D eigenvalue weighted by Gasteiger charge is 2.27. The quantitative estimate of drug-likeness (QED) is 0.0219. The van der Waals surface area contributed by atoms with Crippen molar-refractivity contribution < 1.29 is 52.0 Å². The van der Waals surface area contributed by atoms with Gasteiger partial charge < -0.3 is 33.0 Å². The summed E-state index contributed by atoms with van der Waals surface area (Å²) in [6.45, 7) is 3.70. The van der Waals surface area contributed by atoms with Crippen molar-refractivity contribution in [2.45, 2.75) is 129 Å². The number of hydrogen-bond acceptors (Lipinski definition) is 10. The highest BCUT2D eigenvalue weighted by atomic mass is 31.2. The smallest absolute Gasteiger partial charge is 0.306 e. The Morgan fingerprint density at radius 2 is 1.47 bits per heavy atom. The van der Waals surface area contributed by atoms with Gasteiger partial charge in [0, 0.05) is 18.8 Å². The lowest BCUT2D eigenvalue weighted by Gasteiger charge is -2.28. The zero-order valence-electron chi connectivity index (χ0n) is 36.1. The molecule has 0 spiro atoms. The number of rotatable bonds is 34. The van der Waals surface area contributed by atoms with Gasteiger partial charge in [0.2, 0.25) is 0 Å². The fraction of sp³-hybridized carbons (Fsp3) is 0.630. The van der Waals surface area contributed by atoms with Gasteiger partial charge >= 0.3 is 11.9 Å². The fourth-order valence-corrected chi connectivity index (χ4v) is 6.42. The van der Waals surface area contributed by atoms with Crippen LogP contribution in [0.25, 0.3) is 0 Å². The van der Waals surface area contributed by atoms with Crippen molar-refractivity contribution in [3.8, 4) is 0 Å². The molecule has 1 unspecified atom stereocenters. The Hall–Kier alpha value is -3.18. The minimum atomic E-state index is -4.69. The predicted octanol–water partition coefficient (Wildman–Crippen LogP) is 9.00. The summed E-state index contributed by atoms with van der Waals surface area (Å²) in [4.78, 5) is 50.0. The van der Waals surface area contributed by atoms with E-state index in [-0.39, 0.29) is 43.7 Å². The van der Waals surface area contributed by atoms with E-state index in [2.05, 4.69) is 62.5 Å². The molecule has 0 saturated carbocycles. The Labute approximate surface area is 349 Å². The van der Waals surface area contributed by atoms with Crippen LogP contribution in [0.4, 0.5) is 0 Å². The number of aliphatic hydroxyl groups is 1. The molecule has 58 heavy (non-hydrogen) atoms. The second-order valence-corrected chi connectivity index (χ2v) is 17.0. The van der Waals surface area contributed by atoms with Gasteiger partial charge in [0.15, 0.2) is 11.9 Å². The molecule has 1 aliphatic carbocycles. The van der Waals surface area contributed by atoms with Gasteiger partial charge in [-0.1, -0.05) is 112 Å². The van der Waals surface area contributed by atoms with Crippen molar-refractivity contribution in [1.29, 1.82) is 0 Å². The van der Waals surface area contributed by atoms with Gasteiger partial charge in [0.1, 0.15) is 19.8 Å². The maximum absolute atomic E-state index is 12.7. The molecular formula is C46H74NO10P. The second-order valence-electron chi connectivity index (χ2n) is 15.6. The molecular weight excluding hydrogens is 757 g/mol. The number of quaternary nitrogens is 1. The summed E-state index contributed by atoms with van der Waals surface area (Å²) >= 11 is 0. The van der Waals surface area contributed by atoms with Crippen molar-refractivity contribution in [1.82, 2.24) is 0 Å². The summed E-state index contributed by atoms with van der Waals surface area (Å²) in [6, 6.07) is 0. The Bertz CT molecular complexity index is 1410. The van der Waals surface area contributed by atoms with E-state index < -0.39 is 38.6 Å². The summed E-state index contributed by atoms with van der Waals surface area (Å²) < 4.78 is 33.8. The predicted molar refractivity (Wildman–Crippen MR) is 230 cm³/mol. The van der Waals surface area contributed by atoms with Gasteiger partial charge in [-0.25, -0.2) is 0 Å². The van der Waals surface area contributed by atoms with Crippen LogP contribution in [0.1, 0.15) is 117 Å². The van der Waals surface area contributed by atoms with Crippen LogP contribution in [0, 0.1) is 11.8 Å². The highest BCUT2D eigenvalue weighted by molar-refractivity contribution is 7.45. The third-order valence-electron chi connectivity index (χ3n) is 9.15. The molecule has 11 nitrogen and oxygen atoms in total. The molecule has 1 N–H and O–H groups in total. The van der Waals surface area contributed by atoms with Crippen molar-refractivity contribution in [2.24, 2.45) is 11.8 Å². The van der Waals surface area contributed by atoms with Gasteiger partial charge in [0.05, 0.1) is 33.9 Å². The first kappa shape index (κ1) is 52.8. The van der Waals surface area contributed by atoms with E-state index >= 15 is 0 Å². The summed E-state index contributed by atoms with van der Waals surface area (Å²) in [6.07, 6.45) is 38.2. The number of allylic oxidation sites excluding steroid dienone is 13. The van der Waals surface area contributed by atoms with E-state index in [4.69, 9.17) is 18.5 Å². The van der Waals surface area contributed by atoms with E-state index in [1.54, 1.807) is 12.2 Å². The summed E-state index contributed by atoms with van der Waals surface area (Å²) in [5.74, 6) is -1.27. The lowest BCUT2D eigenvalue weighted by atomic mass is 9.90. The fourth-order valence-electron chi connectivity index (χ4n) is 5.69. The molecule has 1 rings (SSSR count). The maximum Gasteiger partial charge on any atom is 0.306 e. The number of likely N-dealkylation sites (N-methyl/N-ethyl adjacent to an activating group) is 1. The number of unbranched alkanes of at least 4 members (excludes halogenated alkanes) is 5. The van der Waals surface area contributed by atoms with Crippen molar-refractivity contribution in [3.05, 3.63) is 85.1 Å². The third-order valence-corrected chi connectivity index (χ3v) is 10.1. The molecule has 0 amide bonds. The average Bonchev–Trinajstić information content (AvgIpc) is 3.52. The van der Waals surface area contributed by atoms with Crippen LogP contribution in [0.3, 0.4) is 0 Å². The molecule has 12 heteroatoms. The number of aliphatic hydroxyl groups excluding tert-OH is 1. The average molecular weight is 832 g/mol. The molecule has 0 saturated heterocycles. The van der Waals surface area contributed by atoms with Crippen LogP contribution < -0.4 is 4.89 Å². The number of ketones is 1. The lowest BCUT2D eigenvalue weighted by Crippen LogP contribution is -2.37. The van der Waals surface area contributed by atoms with E-state index in [9.17, 15) is 28.9 Å². The zero-order chi connectivity index (χ0) is 42.9. The largest absolute Gasteiger partial charge is 0.756 e. The molecule has 0 bridgehead atoms. The molecule has 0 radical (unpaired) electrons. The van der Waals surface area contributed by atoms with Crippen LogP contribution in [-0.4, -0.2) is 87.0 Å². The lowest BCUT2D eigenvalue weighted by molar-refractivity contribution is -0.870. The first-order valence-electron chi connectivity index (χ1n) is 21.3. The molecule has 0 aromatic rings.